The van der Waals surface area contributed by atoms with Crippen molar-refractivity contribution in [1.82, 2.24) is 4.90 Å². The zero-order chi connectivity index (χ0) is 15.6. The highest BCUT2D eigenvalue weighted by molar-refractivity contribution is 5.80. The SMILES string of the molecule is O=C(O)[C@@H]1CCC[C@@H](C(=O)N2CCC[C@@H](C(F)(F)F)C2)C1. The largest absolute Gasteiger partial charge is 0.481 e. The lowest BCUT2D eigenvalue weighted by molar-refractivity contribution is -0.188. The Morgan fingerprint density at radius 2 is 1.71 bits per heavy atom. The third-order valence-corrected chi connectivity index (χ3v) is 4.57. The van der Waals surface area contributed by atoms with Crippen LogP contribution in [0.15, 0.2) is 0 Å². The summed E-state index contributed by atoms with van der Waals surface area (Å²) < 4.78 is 38.3. The Morgan fingerprint density at radius 1 is 1.05 bits per heavy atom. The number of halogens is 3. The number of alkyl halides is 3. The van der Waals surface area contributed by atoms with Gasteiger partial charge in [-0.3, -0.25) is 9.59 Å². The molecule has 0 unspecified atom stereocenters. The van der Waals surface area contributed by atoms with E-state index in [2.05, 4.69) is 0 Å². The molecule has 1 heterocycles. The maximum atomic E-state index is 12.8. The molecule has 0 radical (unpaired) electrons. The van der Waals surface area contributed by atoms with E-state index < -0.39 is 29.9 Å². The van der Waals surface area contributed by atoms with Crippen LogP contribution in [0.5, 0.6) is 0 Å². The summed E-state index contributed by atoms with van der Waals surface area (Å²) in [4.78, 5) is 24.7. The van der Waals surface area contributed by atoms with Gasteiger partial charge in [-0.05, 0) is 32.1 Å². The topological polar surface area (TPSA) is 57.6 Å². The first-order chi connectivity index (χ1) is 9.79. The van der Waals surface area contributed by atoms with Crippen molar-refractivity contribution < 1.29 is 27.9 Å². The molecule has 0 aromatic rings. The van der Waals surface area contributed by atoms with Crippen LogP contribution in [-0.2, 0) is 9.59 Å². The number of hydrogen-bond acceptors (Lipinski definition) is 2. The predicted molar refractivity (Wildman–Crippen MR) is 68.4 cm³/mol. The Kier molecular flexibility index (Phi) is 4.78. The van der Waals surface area contributed by atoms with E-state index in [1.54, 1.807) is 0 Å². The minimum Gasteiger partial charge on any atom is -0.481 e. The summed E-state index contributed by atoms with van der Waals surface area (Å²) in [6, 6.07) is 0. The van der Waals surface area contributed by atoms with Crippen LogP contribution >= 0.6 is 0 Å². The highest BCUT2D eigenvalue weighted by atomic mass is 19.4. The van der Waals surface area contributed by atoms with E-state index in [1.165, 1.54) is 4.90 Å². The fraction of sp³-hybridized carbons (Fsp3) is 0.857. The first kappa shape index (κ1) is 16.1. The molecule has 4 nitrogen and oxygen atoms in total. The van der Waals surface area contributed by atoms with Crippen LogP contribution < -0.4 is 0 Å². The second kappa shape index (κ2) is 6.23. The second-order valence-electron chi connectivity index (χ2n) is 6.06. The standard InChI is InChI=1S/C14H20F3NO3/c15-14(16,17)11-5-2-6-18(8-11)12(19)9-3-1-4-10(7-9)13(20)21/h9-11H,1-8H2,(H,20,21)/t9-,10-,11-/m1/s1. The van der Waals surface area contributed by atoms with E-state index in [9.17, 15) is 22.8 Å². The second-order valence-corrected chi connectivity index (χ2v) is 6.06. The zero-order valence-corrected chi connectivity index (χ0v) is 11.7. The lowest BCUT2D eigenvalue weighted by atomic mass is 9.80. The predicted octanol–water partition coefficient (Wildman–Crippen LogP) is 2.68. The van der Waals surface area contributed by atoms with Gasteiger partial charge in [-0.1, -0.05) is 6.42 Å². The first-order valence-corrected chi connectivity index (χ1v) is 7.37. The van der Waals surface area contributed by atoms with E-state index in [-0.39, 0.29) is 25.3 Å². The third-order valence-electron chi connectivity index (χ3n) is 4.57. The lowest BCUT2D eigenvalue weighted by Gasteiger charge is -2.37. The molecule has 1 amide bonds. The number of rotatable bonds is 2. The van der Waals surface area contributed by atoms with Gasteiger partial charge < -0.3 is 10.0 Å². The third kappa shape index (κ3) is 3.89. The van der Waals surface area contributed by atoms with Crippen molar-refractivity contribution in [2.24, 2.45) is 17.8 Å². The van der Waals surface area contributed by atoms with Crippen LogP contribution in [0.4, 0.5) is 13.2 Å². The summed E-state index contributed by atoms with van der Waals surface area (Å²) in [6.07, 6.45) is -1.83. The molecule has 1 saturated carbocycles. The number of carboxylic acids is 1. The van der Waals surface area contributed by atoms with Crippen LogP contribution in [0.2, 0.25) is 0 Å². The molecule has 2 fully saturated rings. The van der Waals surface area contributed by atoms with Gasteiger partial charge in [0.25, 0.3) is 0 Å². The molecule has 2 aliphatic rings. The van der Waals surface area contributed by atoms with E-state index in [0.717, 1.165) is 0 Å². The number of piperidine rings is 1. The molecule has 1 saturated heterocycles. The quantitative estimate of drug-likeness (QED) is 0.853. The molecule has 3 atom stereocenters. The van der Waals surface area contributed by atoms with Crippen molar-refractivity contribution >= 4 is 11.9 Å². The average Bonchev–Trinajstić information content (AvgIpc) is 2.46. The first-order valence-electron chi connectivity index (χ1n) is 7.37. The number of hydrogen-bond donors (Lipinski definition) is 1. The van der Waals surface area contributed by atoms with Gasteiger partial charge >= 0.3 is 12.1 Å². The fourth-order valence-corrected chi connectivity index (χ4v) is 3.34. The van der Waals surface area contributed by atoms with Gasteiger partial charge in [-0.15, -0.1) is 0 Å². The average molecular weight is 307 g/mol. The highest BCUT2D eigenvalue weighted by Crippen LogP contribution is 2.35. The van der Waals surface area contributed by atoms with E-state index in [0.29, 0.717) is 32.2 Å². The normalized spacial score (nSPS) is 31.0. The molecule has 7 heteroatoms. The molecule has 1 N–H and O–H groups in total. The Hall–Kier alpha value is -1.27. The molecule has 0 aromatic carbocycles. The van der Waals surface area contributed by atoms with Crippen LogP contribution in [0.1, 0.15) is 38.5 Å². The molecular formula is C14H20F3NO3. The summed E-state index contributed by atoms with van der Waals surface area (Å²) in [7, 11) is 0. The molecule has 0 spiro atoms. The number of carbonyl (C=O) groups excluding carboxylic acids is 1. The molecule has 1 aliphatic carbocycles. The van der Waals surface area contributed by atoms with Crippen LogP contribution in [0, 0.1) is 17.8 Å². The van der Waals surface area contributed by atoms with E-state index >= 15 is 0 Å². The van der Waals surface area contributed by atoms with E-state index in [4.69, 9.17) is 5.11 Å². The van der Waals surface area contributed by atoms with Gasteiger partial charge in [-0.2, -0.15) is 13.2 Å². The number of aliphatic carboxylic acids is 1. The Morgan fingerprint density at radius 3 is 2.33 bits per heavy atom. The smallest absolute Gasteiger partial charge is 0.393 e. The number of amides is 1. The van der Waals surface area contributed by atoms with Gasteiger partial charge in [0.15, 0.2) is 0 Å². The zero-order valence-electron chi connectivity index (χ0n) is 11.7. The van der Waals surface area contributed by atoms with Crippen molar-refractivity contribution in [3.05, 3.63) is 0 Å². The summed E-state index contributed by atoms with van der Waals surface area (Å²) >= 11 is 0. The summed E-state index contributed by atoms with van der Waals surface area (Å²) in [5, 5.41) is 9.02. The molecule has 2 rings (SSSR count). The summed E-state index contributed by atoms with van der Waals surface area (Å²) in [6.45, 7) is 0.0657. The van der Waals surface area contributed by atoms with Gasteiger partial charge in [0.05, 0.1) is 11.8 Å². The molecule has 0 bridgehead atoms. The van der Waals surface area contributed by atoms with Crippen LogP contribution in [0.3, 0.4) is 0 Å². The van der Waals surface area contributed by atoms with Crippen molar-refractivity contribution in [1.29, 1.82) is 0 Å². The van der Waals surface area contributed by atoms with Gasteiger partial charge in [0.2, 0.25) is 5.91 Å². The molecule has 120 valence electrons. The summed E-state index contributed by atoms with van der Waals surface area (Å²) in [5.41, 5.74) is 0. The van der Waals surface area contributed by atoms with Crippen molar-refractivity contribution in [3.8, 4) is 0 Å². The van der Waals surface area contributed by atoms with Crippen LogP contribution in [-0.4, -0.2) is 41.1 Å². The number of carbonyl (C=O) groups is 2. The number of nitrogens with zero attached hydrogens (tertiary/aromatic N) is 1. The molecule has 0 aromatic heterocycles. The highest BCUT2D eigenvalue weighted by Gasteiger charge is 2.44. The Labute approximate surface area is 121 Å². The Bertz CT molecular complexity index is 411. The number of likely N-dealkylation sites (tertiary alicyclic amines) is 1. The van der Waals surface area contributed by atoms with Gasteiger partial charge in [0, 0.05) is 19.0 Å². The Balaban J connectivity index is 1.97. The van der Waals surface area contributed by atoms with Gasteiger partial charge in [-0.25, -0.2) is 0 Å². The fourth-order valence-electron chi connectivity index (χ4n) is 3.34. The van der Waals surface area contributed by atoms with Crippen molar-refractivity contribution in [3.63, 3.8) is 0 Å². The van der Waals surface area contributed by atoms with Gasteiger partial charge in [0.1, 0.15) is 0 Å². The molecule has 1 aliphatic heterocycles. The minimum absolute atomic E-state index is 0.0652. The van der Waals surface area contributed by atoms with E-state index in [1.807, 2.05) is 0 Å². The summed E-state index contributed by atoms with van der Waals surface area (Å²) in [5.74, 6) is -3.65. The molecule has 21 heavy (non-hydrogen) atoms. The molecular weight excluding hydrogens is 287 g/mol. The monoisotopic (exact) mass is 307 g/mol. The number of carboxylic acid groups (broad SMARTS) is 1. The maximum Gasteiger partial charge on any atom is 0.393 e. The van der Waals surface area contributed by atoms with Crippen molar-refractivity contribution in [2.45, 2.75) is 44.7 Å². The lowest BCUT2D eigenvalue weighted by Crippen LogP contribution is -2.47. The van der Waals surface area contributed by atoms with Crippen molar-refractivity contribution in [2.75, 3.05) is 13.1 Å². The minimum atomic E-state index is -4.27. The maximum absolute atomic E-state index is 12.8. The van der Waals surface area contributed by atoms with Crippen LogP contribution in [0.25, 0.3) is 0 Å².